The monoisotopic (exact) mass is 233 g/mol. The lowest BCUT2D eigenvalue weighted by Crippen LogP contribution is -2.30. The third kappa shape index (κ3) is 6.35. The van der Waals surface area contributed by atoms with Gasteiger partial charge >= 0.3 is 5.97 Å². The van der Waals surface area contributed by atoms with Gasteiger partial charge in [-0.2, -0.15) is 0 Å². The van der Waals surface area contributed by atoms with Crippen molar-refractivity contribution in [1.82, 2.24) is 4.31 Å². The quantitative estimate of drug-likeness (QED) is 0.265. The van der Waals surface area contributed by atoms with Gasteiger partial charge in [-0.25, -0.2) is 0 Å². The molecule has 5 nitrogen and oxygen atoms in total. The number of carbonyl (C=O) groups is 1. The summed E-state index contributed by atoms with van der Waals surface area (Å²) < 4.78 is 1.87. The Labute approximate surface area is 94.7 Å². The summed E-state index contributed by atoms with van der Waals surface area (Å²) in [7, 11) is 0. The van der Waals surface area contributed by atoms with Gasteiger partial charge in [0.15, 0.2) is 0 Å². The first kappa shape index (κ1) is 14.2. The molecule has 0 aliphatic rings. The van der Waals surface area contributed by atoms with Gasteiger partial charge in [-0.3, -0.25) is 10.2 Å². The summed E-state index contributed by atoms with van der Waals surface area (Å²) in [4.78, 5) is 10.4. The van der Waals surface area contributed by atoms with Gasteiger partial charge in [0.1, 0.15) is 11.9 Å². The molecule has 15 heavy (non-hydrogen) atoms. The van der Waals surface area contributed by atoms with Crippen molar-refractivity contribution >= 4 is 23.8 Å². The number of aliphatic carboxylic acids is 1. The SMILES string of the molecule is CSN(CCCC[C@H](N)C(=O)O)C(C)=N. The Bertz CT molecular complexity index is 223. The van der Waals surface area contributed by atoms with E-state index in [2.05, 4.69) is 0 Å². The number of nitrogens with two attached hydrogens (primary N) is 1. The minimum atomic E-state index is -0.944. The zero-order valence-electron chi connectivity index (χ0n) is 9.19. The van der Waals surface area contributed by atoms with E-state index in [-0.39, 0.29) is 0 Å². The Morgan fingerprint density at radius 3 is 2.60 bits per heavy atom. The topological polar surface area (TPSA) is 90.4 Å². The van der Waals surface area contributed by atoms with Crippen molar-refractivity contribution in [2.75, 3.05) is 12.8 Å². The lowest BCUT2D eigenvalue weighted by atomic mass is 10.1. The van der Waals surface area contributed by atoms with Crippen LogP contribution in [0, 0.1) is 5.41 Å². The molecule has 0 fully saturated rings. The summed E-state index contributed by atoms with van der Waals surface area (Å²) in [6.07, 6.45) is 4.05. The van der Waals surface area contributed by atoms with E-state index in [0.717, 1.165) is 19.4 Å². The zero-order valence-corrected chi connectivity index (χ0v) is 10.0. The van der Waals surface area contributed by atoms with Crippen LogP contribution in [-0.2, 0) is 4.79 Å². The van der Waals surface area contributed by atoms with Crippen molar-refractivity contribution in [3.63, 3.8) is 0 Å². The highest BCUT2D eigenvalue weighted by atomic mass is 32.2. The molecule has 0 aliphatic carbocycles. The average Bonchev–Trinajstić information content (AvgIpc) is 2.16. The van der Waals surface area contributed by atoms with Crippen LogP contribution < -0.4 is 5.73 Å². The number of rotatable bonds is 7. The van der Waals surface area contributed by atoms with Crippen LogP contribution in [0.2, 0.25) is 0 Å². The molecular formula is C9H19N3O2S. The summed E-state index contributed by atoms with van der Waals surface area (Å²) in [6.45, 7) is 2.50. The van der Waals surface area contributed by atoms with Gasteiger partial charge in [0.25, 0.3) is 0 Å². The maximum atomic E-state index is 10.4. The van der Waals surface area contributed by atoms with Crippen molar-refractivity contribution in [2.24, 2.45) is 5.73 Å². The maximum absolute atomic E-state index is 10.4. The third-order valence-electron chi connectivity index (χ3n) is 2.04. The standard InChI is InChI=1S/C9H19N3O2S/c1-7(10)12(15-2)6-4-3-5-8(11)9(13)14/h8,10H,3-6,11H2,1-2H3,(H,13,14)/t8-/m0/s1. The summed E-state index contributed by atoms with van der Waals surface area (Å²) in [6, 6.07) is -0.756. The molecule has 0 saturated carbocycles. The molecule has 0 spiro atoms. The normalized spacial score (nSPS) is 12.2. The number of nitrogens with one attached hydrogen (secondary N) is 1. The van der Waals surface area contributed by atoms with E-state index in [1.165, 1.54) is 11.9 Å². The van der Waals surface area contributed by atoms with Gasteiger partial charge in [-0.15, -0.1) is 0 Å². The molecule has 0 bridgehead atoms. The van der Waals surface area contributed by atoms with Crippen LogP contribution in [0.3, 0.4) is 0 Å². The summed E-state index contributed by atoms with van der Waals surface area (Å²) in [5, 5.41) is 16.0. The molecule has 88 valence electrons. The second-order valence-electron chi connectivity index (χ2n) is 3.31. The highest BCUT2D eigenvalue weighted by molar-refractivity contribution is 7.96. The molecular weight excluding hydrogens is 214 g/mol. The Morgan fingerprint density at radius 1 is 1.60 bits per heavy atom. The molecule has 6 heteroatoms. The summed E-state index contributed by atoms with van der Waals surface area (Å²) in [5.41, 5.74) is 5.37. The van der Waals surface area contributed by atoms with Gasteiger partial charge in [-0.05, 0) is 26.2 Å². The van der Waals surface area contributed by atoms with Crippen molar-refractivity contribution in [2.45, 2.75) is 32.2 Å². The van der Waals surface area contributed by atoms with Gasteiger partial charge < -0.3 is 15.1 Å². The van der Waals surface area contributed by atoms with Crippen molar-refractivity contribution < 1.29 is 9.90 Å². The van der Waals surface area contributed by atoms with Crippen molar-refractivity contribution in [3.05, 3.63) is 0 Å². The van der Waals surface area contributed by atoms with Gasteiger partial charge in [0.05, 0.1) is 0 Å². The smallest absolute Gasteiger partial charge is 0.320 e. The maximum Gasteiger partial charge on any atom is 0.320 e. The van der Waals surface area contributed by atoms with E-state index in [4.69, 9.17) is 16.2 Å². The average molecular weight is 233 g/mol. The predicted molar refractivity (Wildman–Crippen MR) is 63.1 cm³/mol. The molecule has 4 N–H and O–H groups in total. The molecule has 0 rings (SSSR count). The van der Waals surface area contributed by atoms with Crippen LogP contribution in [0.4, 0.5) is 0 Å². The van der Waals surface area contributed by atoms with Gasteiger partial charge in [0, 0.05) is 12.8 Å². The Balaban J connectivity index is 3.61. The number of carboxylic acid groups (broad SMARTS) is 1. The van der Waals surface area contributed by atoms with Crippen LogP contribution in [-0.4, -0.2) is 40.1 Å². The van der Waals surface area contributed by atoms with Crippen LogP contribution in [0.25, 0.3) is 0 Å². The third-order valence-corrected chi connectivity index (χ3v) is 2.94. The van der Waals surface area contributed by atoms with Crippen LogP contribution in [0.1, 0.15) is 26.2 Å². The van der Waals surface area contributed by atoms with E-state index < -0.39 is 12.0 Å². The van der Waals surface area contributed by atoms with E-state index in [0.29, 0.717) is 12.3 Å². The van der Waals surface area contributed by atoms with E-state index in [1.54, 1.807) is 6.92 Å². The predicted octanol–water partition coefficient (Wildman–Crippen LogP) is 1.15. The van der Waals surface area contributed by atoms with Crippen LogP contribution >= 0.6 is 11.9 Å². The van der Waals surface area contributed by atoms with Crippen LogP contribution in [0.15, 0.2) is 0 Å². The fraction of sp³-hybridized carbons (Fsp3) is 0.778. The number of hydrogen-bond acceptors (Lipinski definition) is 4. The molecule has 0 aliphatic heterocycles. The molecule has 0 unspecified atom stereocenters. The fourth-order valence-electron chi connectivity index (χ4n) is 1.14. The molecule has 0 amide bonds. The first-order valence-corrected chi connectivity index (χ1v) is 6.02. The van der Waals surface area contributed by atoms with Crippen LogP contribution in [0.5, 0.6) is 0 Å². The largest absolute Gasteiger partial charge is 0.480 e. The first-order valence-electron chi connectivity index (χ1n) is 4.84. The summed E-state index contributed by atoms with van der Waals surface area (Å²) >= 11 is 1.50. The molecule has 0 aromatic carbocycles. The van der Waals surface area contributed by atoms with E-state index in [1.807, 2.05) is 10.6 Å². The second kappa shape index (κ2) is 7.53. The van der Waals surface area contributed by atoms with Gasteiger partial charge in [0.2, 0.25) is 0 Å². The number of carboxylic acids is 1. The molecule has 0 aromatic heterocycles. The number of amidine groups is 1. The molecule has 0 heterocycles. The Morgan fingerprint density at radius 2 is 2.20 bits per heavy atom. The minimum Gasteiger partial charge on any atom is -0.480 e. The number of nitrogens with zero attached hydrogens (tertiary/aromatic N) is 1. The Hall–Kier alpha value is -0.750. The molecule has 0 saturated heterocycles. The summed E-state index contributed by atoms with van der Waals surface area (Å²) in [5.74, 6) is -0.426. The van der Waals surface area contributed by atoms with E-state index >= 15 is 0 Å². The highest BCUT2D eigenvalue weighted by Gasteiger charge is 2.10. The van der Waals surface area contributed by atoms with Gasteiger partial charge in [-0.1, -0.05) is 11.9 Å². The van der Waals surface area contributed by atoms with E-state index in [9.17, 15) is 4.79 Å². The minimum absolute atomic E-state index is 0.495. The Kier molecular flexibility index (Phi) is 7.15. The lowest BCUT2D eigenvalue weighted by molar-refractivity contribution is -0.138. The molecule has 1 atom stereocenters. The zero-order chi connectivity index (χ0) is 11.8. The fourth-order valence-corrected chi connectivity index (χ4v) is 1.72. The highest BCUT2D eigenvalue weighted by Crippen LogP contribution is 2.09. The lowest BCUT2D eigenvalue weighted by Gasteiger charge is -2.19. The van der Waals surface area contributed by atoms with Crippen molar-refractivity contribution in [3.8, 4) is 0 Å². The molecule has 0 aromatic rings. The van der Waals surface area contributed by atoms with Crippen molar-refractivity contribution in [1.29, 1.82) is 5.41 Å². The molecule has 0 radical (unpaired) electrons. The number of unbranched alkanes of at least 4 members (excludes halogenated alkanes) is 1. The number of hydrogen-bond donors (Lipinski definition) is 3. The first-order chi connectivity index (χ1) is 6.99. The second-order valence-corrected chi connectivity index (χ2v) is 4.12.